The van der Waals surface area contributed by atoms with Crippen LogP contribution >= 0.6 is 23.2 Å². The smallest absolute Gasteiger partial charge is 0.341 e. The molecule has 13 heteroatoms. The predicted octanol–water partition coefficient (Wildman–Crippen LogP) is 3.32. The summed E-state index contributed by atoms with van der Waals surface area (Å²) >= 11 is 12.3. The molecule has 1 amide bonds. The molecule has 0 bridgehead atoms. The average molecular weight is 607 g/mol. The summed E-state index contributed by atoms with van der Waals surface area (Å²) in [5, 5.41) is 30.6. The summed E-state index contributed by atoms with van der Waals surface area (Å²) in [6.07, 6.45) is 1.72. The number of carbonyl (C=O) groups is 5. The van der Waals surface area contributed by atoms with Crippen molar-refractivity contribution in [3.8, 4) is 5.75 Å². The number of likely N-dealkylation sites (tertiary alicyclic amines) is 1. The van der Waals surface area contributed by atoms with E-state index in [2.05, 4.69) is 5.32 Å². The van der Waals surface area contributed by atoms with Crippen molar-refractivity contribution in [3.63, 3.8) is 0 Å². The molecule has 11 nitrogen and oxygen atoms in total. The van der Waals surface area contributed by atoms with Crippen LogP contribution in [0.5, 0.6) is 5.75 Å². The van der Waals surface area contributed by atoms with E-state index in [-0.39, 0.29) is 40.7 Å². The second-order valence-corrected chi connectivity index (χ2v) is 10.2. The lowest BCUT2D eigenvalue weighted by Gasteiger charge is -2.27. The van der Waals surface area contributed by atoms with Gasteiger partial charge in [-0.2, -0.15) is 0 Å². The molecule has 3 atom stereocenters. The molecule has 1 fully saturated rings. The summed E-state index contributed by atoms with van der Waals surface area (Å²) in [6, 6.07) is 8.53. The van der Waals surface area contributed by atoms with Crippen molar-refractivity contribution in [2.75, 3.05) is 13.2 Å². The highest BCUT2D eigenvalue weighted by molar-refractivity contribution is 6.45. The first-order valence-corrected chi connectivity index (χ1v) is 13.3. The zero-order valence-corrected chi connectivity index (χ0v) is 23.4. The molecule has 1 heterocycles. The summed E-state index contributed by atoms with van der Waals surface area (Å²) in [7, 11) is 0. The van der Waals surface area contributed by atoms with Gasteiger partial charge in [-0.05, 0) is 49.1 Å². The number of amides is 1. The Balaban J connectivity index is 1.72. The zero-order chi connectivity index (χ0) is 30.3. The van der Waals surface area contributed by atoms with Gasteiger partial charge in [-0.3, -0.25) is 19.7 Å². The number of halogens is 2. The lowest BCUT2D eigenvalue weighted by Crippen LogP contribution is -2.53. The molecule has 1 unspecified atom stereocenters. The summed E-state index contributed by atoms with van der Waals surface area (Å²) in [4.78, 5) is 61.8. The fraction of sp³-hybridized carbons (Fsp3) is 0.321. The SMILES string of the molecule is C[C@H](N[C@@H](CCc1ccccc1)C(=O)O)C(=O)N1CC(=CC(=O)c2ccc(OCC(=O)O)c(Cl)c2Cl)CC1C(=O)O. The van der Waals surface area contributed by atoms with Gasteiger partial charge in [0.15, 0.2) is 12.4 Å². The van der Waals surface area contributed by atoms with Gasteiger partial charge in [-0.25, -0.2) is 9.59 Å². The number of carboxylic acids is 3. The van der Waals surface area contributed by atoms with Gasteiger partial charge in [0, 0.05) is 18.5 Å². The highest BCUT2D eigenvalue weighted by Gasteiger charge is 2.39. The minimum Gasteiger partial charge on any atom is -0.480 e. The lowest BCUT2D eigenvalue weighted by atomic mass is 10.0. The van der Waals surface area contributed by atoms with Crippen molar-refractivity contribution >= 4 is 52.8 Å². The molecule has 0 saturated carbocycles. The van der Waals surface area contributed by atoms with Crippen LogP contribution in [0.1, 0.15) is 35.7 Å². The number of benzene rings is 2. The van der Waals surface area contributed by atoms with Crippen LogP contribution < -0.4 is 10.1 Å². The van der Waals surface area contributed by atoms with Crippen molar-refractivity contribution in [2.45, 2.75) is 44.3 Å². The van der Waals surface area contributed by atoms with Crippen LogP contribution in [0.3, 0.4) is 0 Å². The molecule has 1 aliphatic heterocycles. The van der Waals surface area contributed by atoms with E-state index in [4.69, 9.17) is 33.0 Å². The topological polar surface area (TPSA) is 171 Å². The Hall–Kier alpha value is -3.93. The number of nitrogens with zero attached hydrogens (tertiary/aromatic N) is 1. The van der Waals surface area contributed by atoms with Gasteiger partial charge in [0.2, 0.25) is 5.91 Å². The van der Waals surface area contributed by atoms with E-state index in [1.54, 1.807) is 0 Å². The molecule has 0 radical (unpaired) electrons. The Morgan fingerprint density at radius 3 is 2.34 bits per heavy atom. The molecule has 218 valence electrons. The van der Waals surface area contributed by atoms with Gasteiger partial charge < -0.3 is 25.0 Å². The maximum atomic E-state index is 13.2. The van der Waals surface area contributed by atoms with Gasteiger partial charge in [-0.1, -0.05) is 53.5 Å². The first-order valence-electron chi connectivity index (χ1n) is 12.5. The average Bonchev–Trinajstić information content (AvgIpc) is 3.35. The number of ketones is 1. The Kier molecular flexibility index (Phi) is 10.9. The van der Waals surface area contributed by atoms with Gasteiger partial charge in [-0.15, -0.1) is 0 Å². The normalized spacial score (nSPS) is 17.2. The number of hydrogen-bond acceptors (Lipinski definition) is 7. The number of hydrogen-bond donors (Lipinski definition) is 4. The van der Waals surface area contributed by atoms with Crippen molar-refractivity contribution in [1.29, 1.82) is 0 Å². The fourth-order valence-corrected chi connectivity index (χ4v) is 4.87. The molecule has 41 heavy (non-hydrogen) atoms. The minimum atomic E-state index is -1.28. The molecule has 0 aliphatic carbocycles. The van der Waals surface area contributed by atoms with E-state index in [0.29, 0.717) is 12.0 Å². The van der Waals surface area contributed by atoms with E-state index < -0.39 is 54.3 Å². The van der Waals surface area contributed by atoms with Gasteiger partial charge in [0.05, 0.1) is 11.1 Å². The van der Waals surface area contributed by atoms with Crippen LogP contribution in [-0.2, 0) is 25.6 Å². The van der Waals surface area contributed by atoms with Crippen molar-refractivity contribution in [3.05, 3.63) is 75.3 Å². The van der Waals surface area contributed by atoms with E-state index in [9.17, 15) is 34.2 Å². The maximum Gasteiger partial charge on any atom is 0.341 e. The van der Waals surface area contributed by atoms with Crippen LogP contribution in [0, 0.1) is 0 Å². The van der Waals surface area contributed by atoms with Crippen LogP contribution in [0.2, 0.25) is 10.0 Å². The molecule has 2 aromatic rings. The van der Waals surface area contributed by atoms with Crippen LogP contribution in [0.15, 0.2) is 54.1 Å². The van der Waals surface area contributed by atoms with E-state index in [0.717, 1.165) is 10.5 Å². The van der Waals surface area contributed by atoms with Gasteiger partial charge in [0.1, 0.15) is 22.9 Å². The largest absolute Gasteiger partial charge is 0.480 e. The Morgan fingerprint density at radius 1 is 1.05 bits per heavy atom. The number of nitrogens with one attached hydrogen (secondary N) is 1. The van der Waals surface area contributed by atoms with Gasteiger partial charge in [0.25, 0.3) is 0 Å². The Bertz CT molecular complexity index is 1360. The van der Waals surface area contributed by atoms with E-state index in [1.807, 2.05) is 30.3 Å². The molecule has 2 aromatic carbocycles. The number of allylic oxidation sites excluding steroid dienone is 1. The number of rotatable bonds is 13. The number of ether oxygens (including phenoxy) is 1. The zero-order valence-electron chi connectivity index (χ0n) is 21.9. The molecule has 0 aromatic heterocycles. The highest BCUT2D eigenvalue weighted by Crippen LogP contribution is 2.35. The summed E-state index contributed by atoms with van der Waals surface area (Å²) in [5.74, 6) is -4.91. The third kappa shape index (κ3) is 8.29. The molecule has 1 aliphatic rings. The third-order valence-electron chi connectivity index (χ3n) is 6.46. The number of aryl methyl sites for hydroxylation is 1. The number of aliphatic carboxylic acids is 3. The van der Waals surface area contributed by atoms with Crippen molar-refractivity contribution < 1.29 is 44.0 Å². The van der Waals surface area contributed by atoms with Crippen molar-refractivity contribution in [1.82, 2.24) is 10.2 Å². The van der Waals surface area contributed by atoms with Crippen LogP contribution in [-0.4, -0.2) is 81.1 Å². The lowest BCUT2D eigenvalue weighted by molar-refractivity contribution is -0.149. The summed E-state index contributed by atoms with van der Waals surface area (Å²) in [6.45, 7) is 0.629. The Labute approximate surface area is 245 Å². The molecule has 1 saturated heterocycles. The maximum absolute atomic E-state index is 13.2. The molecular formula is C28H28Cl2N2O9. The summed E-state index contributed by atoms with van der Waals surface area (Å²) < 4.78 is 5.04. The fourth-order valence-electron chi connectivity index (χ4n) is 4.40. The van der Waals surface area contributed by atoms with Crippen LogP contribution in [0.25, 0.3) is 0 Å². The second kappa shape index (κ2) is 14.1. The first-order chi connectivity index (χ1) is 19.4. The second-order valence-electron chi connectivity index (χ2n) is 9.42. The van der Waals surface area contributed by atoms with Crippen LogP contribution in [0.4, 0.5) is 0 Å². The monoisotopic (exact) mass is 606 g/mol. The van der Waals surface area contributed by atoms with E-state index >= 15 is 0 Å². The number of carbonyl (C=O) groups excluding carboxylic acids is 2. The third-order valence-corrected chi connectivity index (χ3v) is 7.32. The van der Waals surface area contributed by atoms with E-state index in [1.165, 1.54) is 25.1 Å². The molecule has 4 N–H and O–H groups in total. The number of carboxylic acid groups (broad SMARTS) is 3. The quantitative estimate of drug-likeness (QED) is 0.196. The first kappa shape index (κ1) is 31.6. The molecule has 0 spiro atoms. The molecule has 3 rings (SSSR count). The summed E-state index contributed by atoms with van der Waals surface area (Å²) in [5.41, 5.74) is 1.26. The van der Waals surface area contributed by atoms with Gasteiger partial charge >= 0.3 is 17.9 Å². The minimum absolute atomic E-state index is 0.0266. The molecular weight excluding hydrogens is 579 g/mol. The predicted molar refractivity (Wildman–Crippen MR) is 149 cm³/mol. The van der Waals surface area contributed by atoms with Crippen molar-refractivity contribution in [2.24, 2.45) is 0 Å². The Morgan fingerprint density at radius 2 is 1.73 bits per heavy atom. The standard InChI is InChI=1S/C28H28Cl2N2O9/c1-15(31-19(27(37)38)9-7-16-5-3-2-4-6-16)26(36)32-13-17(11-20(32)28(39)40)12-21(33)18-8-10-22(25(30)24(18)29)41-14-23(34)35/h2-6,8,10,12,15,19-20,31H,7,9,11,13-14H2,1H3,(H,34,35)(H,37,38)(H,39,40)/t15-,19-,20?/m0/s1. The highest BCUT2D eigenvalue weighted by atomic mass is 35.5.